The third kappa shape index (κ3) is 2.71. The molecule has 1 amide bonds. The monoisotopic (exact) mass is 284 g/mol. The molecule has 21 heavy (non-hydrogen) atoms. The van der Waals surface area contributed by atoms with E-state index < -0.39 is 0 Å². The second kappa shape index (κ2) is 5.45. The fourth-order valence-corrected chi connectivity index (χ4v) is 3.94. The number of fused-ring (bicyclic) bond motifs is 3. The summed E-state index contributed by atoms with van der Waals surface area (Å²) in [5.74, 6) is 1.63. The minimum absolute atomic E-state index is 0.241. The lowest BCUT2D eigenvalue weighted by Crippen LogP contribution is -2.29. The van der Waals surface area contributed by atoms with Crippen molar-refractivity contribution in [1.82, 2.24) is 10.6 Å². The van der Waals surface area contributed by atoms with Crippen LogP contribution in [0.3, 0.4) is 0 Å². The van der Waals surface area contributed by atoms with Gasteiger partial charge in [0.2, 0.25) is 5.91 Å². The summed E-state index contributed by atoms with van der Waals surface area (Å²) in [6, 6.07) is 9.44. The van der Waals surface area contributed by atoms with E-state index in [9.17, 15) is 4.79 Å². The average molecular weight is 284 g/mol. The number of rotatable bonds is 6. The van der Waals surface area contributed by atoms with Gasteiger partial charge in [-0.1, -0.05) is 24.3 Å². The van der Waals surface area contributed by atoms with Gasteiger partial charge in [0.1, 0.15) is 0 Å². The van der Waals surface area contributed by atoms with Gasteiger partial charge in [-0.3, -0.25) is 4.79 Å². The molecule has 3 aliphatic rings. The number of hydrogen-bond acceptors (Lipinski definition) is 2. The summed E-state index contributed by atoms with van der Waals surface area (Å²) in [5.41, 5.74) is 2.90. The van der Waals surface area contributed by atoms with E-state index in [1.807, 2.05) is 0 Å². The van der Waals surface area contributed by atoms with Gasteiger partial charge in [0.25, 0.3) is 0 Å². The summed E-state index contributed by atoms with van der Waals surface area (Å²) >= 11 is 0. The number of amides is 1. The number of benzene rings is 1. The van der Waals surface area contributed by atoms with Crippen LogP contribution < -0.4 is 10.6 Å². The lowest BCUT2D eigenvalue weighted by Gasteiger charge is -2.13. The van der Waals surface area contributed by atoms with Crippen molar-refractivity contribution >= 4 is 5.91 Å². The van der Waals surface area contributed by atoms with Gasteiger partial charge in [-0.05, 0) is 61.6 Å². The quantitative estimate of drug-likeness (QED) is 0.787. The third-order valence-corrected chi connectivity index (χ3v) is 5.30. The minimum atomic E-state index is 0.241. The summed E-state index contributed by atoms with van der Waals surface area (Å²) in [7, 11) is 0. The van der Waals surface area contributed by atoms with Gasteiger partial charge >= 0.3 is 0 Å². The van der Waals surface area contributed by atoms with Gasteiger partial charge in [0, 0.05) is 18.5 Å². The molecule has 0 saturated heterocycles. The zero-order valence-electron chi connectivity index (χ0n) is 12.5. The molecule has 3 heteroatoms. The Kier molecular flexibility index (Phi) is 3.46. The molecular formula is C18H24N2O. The van der Waals surface area contributed by atoms with Crippen LogP contribution in [-0.2, 0) is 11.2 Å². The average Bonchev–Trinajstić information content (AvgIpc) is 3.40. The smallest absolute Gasteiger partial charge is 0.224 e. The van der Waals surface area contributed by atoms with Crippen LogP contribution in [0.5, 0.6) is 0 Å². The number of aryl methyl sites for hydroxylation is 1. The Labute approximate surface area is 126 Å². The Morgan fingerprint density at radius 3 is 2.86 bits per heavy atom. The van der Waals surface area contributed by atoms with Crippen molar-refractivity contribution in [2.75, 3.05) is 13.1 Å². The van der Waals surface area contributed by atoms with Crippen LogP contribution in [-0.4, -0.2) is 25.0 Å². The van der Waals surface area contributed by atoms with E-state index in [4.69, 9.17) is 0 Å². The molecule has 0 aromatic heterocycles. The van der Waals surface area contributed by atoms with Crippen LogP contribution in [0.1, 0.15) is 42.7 Å². The van der Waals surface area contributed by atoms with E-state index in [0.717, 1.165) is 32.0 Å². The van der Waals surface area contributed by atoms with Gasteiger partial charge in [-0.2, -0.15) is 0 Å². The highest BCUT2D eigenvalue weighted by atomic mass is 16.2. The first-order valence-electron chi connectivity index (χ1n) is 8.43. The number of carbonyl (C=O) groups is 1. The molecule has 0 aliphatic heterocycles. The summed E-state index contributed by atoms with van der Waals surface area (Å²) in [6.45, 7) is 1.85. The Hall–Kier alpha value is -1.35. The second-order valence-corrected chi connectivity index (χ2v) is 6.83. The van der Waals surface area contributed by atoms with Crippen LogP contribution in [0, 0.1) is 11.8 Å². The highest BCUT2D eigenvalue weighted by molar-refractivity contribution is 5.84. The molecule has 0 heterocycles. The first-order chi connectivity index (χ1) is 10.3. The van der Waals surface area contributed by atoms with Crippen molar-refractivity contribution in [3.63, 3.8) is 0 Å². The fraction of sp³-hybridized carbons (Fsp3) is 0.611. The van der Waals surface area contributed by atoms with Crippen LogP contribution in [0.25, 0.3) is 0 Å². The molecule has 3 unspecified atom stereocenters. The standard InChI is InChI=1S/C18H24N2O/c21-18(20-11-3-10-19-13-7-8-13)17-15-9-6-12-4-1-2-5-14(12)16(15)17/h1-2,4-5,13,15-17,19H,3,6-11H2,(H,20,21). The molecule has 0 bridgehead atoms. The van der Waals surface area contributed by atoms with Gasteiger partial charge in [0.05, 0.1) is 0 Å². The normalized spacial score (nSPS) is 29.4. The molecule has 0 radical (unpaired) electrons. The van der Waals surface area contributed by atoms with Gasteiger partial charge in [-0.15, -0.1) is 0 Å². The van der Waals surface area contributed by atoms with Crippen molar-refractivity contribution in [3.05, 3.63) is 35.4 Å². The Balaban J connectivity index is 1.27. The number of nitrogens with one attached hydrogen (secondary N) is 2. The predicted molar refractivity (Wildman–Crippen MR) is 83.1 cm³/mol. The van der Waals surface area contributed by atoms with E-state index >= 15 is 0 Å². The molecule has 3 nitrogen and oxygen atoms in total. The molecule has 0 spiro atoms. The highest BCUT2D eigenvalue weighted by Gasteiger charge is 2.56. The molecule has 112 valence electrons. The summed E-state index contributed by atoms with van der Waals surface area (Å²) in [6.07, 6.45) is 6.03. The molecule has 1 aromatic rings. The maximum Gasteiger partial charge on any atom is 0.224 e. The first-order valence-corrected chi connectivity index (χ1v) is 8.43. The SMILES string of the molecule is O=C(NCCCNC1CC1)C1C2CCc3ccccc3C21. The van der Waals surface area contributed by atoms with Crippen molar-refractivity contribution in [2.24, 2.45) is 11.8 Å². The molecule has 2 saturated carbocycles. The van der Waals surface area contributed by atoms with Crippen molar-refractivity contribution < 1.29 is 4.79 Å². The largest absolute Gasteiger partial charge is 0.356 e. The van der Waals surface area contributed by atoms with Crippen LogP contribution in [0.4, 0.5) is 0 Å². The van der Waals surface area contributed by atoms with Crippen molar-refractivity contribution in [1.29, 1.82) is 0 Å². The third-order valence-electron chi connectivity index (χ3n) is 5.30. The lowest BCUT2D eigenvalue weighted by molar-refractivity contribution is -0.122. The van der Waals surface area contributed by atoms with Crippen molar-refractivity contribution in [3.8, 4) is 0 Å². The summed E-state index contributed by atoms with van der Waals surface area (Å²) in [4.78, 5) is 12.4. The fourth-order valence-electron chi connectivity index (χ4n) is 3.94. The van der Waals surface area contributed by atoms with E-state index in [2.05, 4.69) is 34.9 Å². The molecular weight excluding hydrogens is 260 g/mol. The first kappa shape index (κ1) is 13.3. The van der Waals surface area contributed by atoms with Crippen molar-refractivity contribution in [2.45, 2.75) is 44.1 Å². The molecule has 2 fully saturated rings. The molecule has 2 N–H and O–H groups in total. The molecule has 1 aromatic carbocycles. The Bertz CT molecular complexity index is 538. The van der Waals surface area contributed by atoms with E-state index in [-0.39, 0.29) is 11.8 Å². The number of carbonyl (C=O) groups excluding carboxylic acids is 1. The lowest BCUT2D eigenvalue weighted by atomic mass is 9.92. The topological polar surface area (TPSA) is 41.1 Å². The van der Waals surface area contributed by atoms with Gasteiger partial charge < -0.3 is 10.6 Å². The van der Waals surface area contributed by atoms with E-state index in [1.165, 1.54) is 30.4 Å². The van der Waals surface area contributed by atoms with E-state index in [1.54, 1.807) is 0 Å². The zero-order valence-corrected chi connectivity index (χ0v) is 12.5. The zero-order chi connectivity index (χ0) is 14.2. The Morgan fingerprint density at radius 2 is 2.00 bits per heavy atom. The molecule has 3 atom stereocenters. The summed E-state index contributed by atoms with van der Waals surface area (Å²) in [5, 5.41) is 6.63. The van der Waals surface area contributed by atoms with Gasteiger partial charge in [-0.25, -0.2) is 0 Å². The van der Waals surface area contributed by atoms with Crippen LogP contribution in [0.2, 0.25) is 0 Å². The summed E-state index contributed by atoms with van der Waals surface area (Å²) < 4.78 is 0. The maximum absolute atomic E-state index is 12.4. The van der Waals surface area contributed by atoms with Crippen LogP contribution in [0.15, 0.2) is 24.3 Å². The molecule has 4 rings (SSSR count). The number of hydrogen-bond donors (Lipinski definition) is 2. The Morgan fingerprint density at radius 1 is 1.14 bits per heavy atom. The van der Waals surface area contributed by atoms with E-state index in [0.29, 0.717) is 11.8 Å². The molecule has 3 aliphatic carbocycles. The van der Waals surface area contributed by atoms with Crippen LogP contribution >= 0.6 is 0 Å². The predicted octanol–water partition coefficient (Wildman–Crippen LogP) is 2.22. The maximum atomic E-state index is 12.4. The van der Waals surface area contributed by atoms with Gasteiger partial charge in [0.15, 0.2) is 0 Å². The highest BCUT2D eigenvalue weighted by Crippen LogP contribution is 2.59. The second-order valence-electron chi connectivity index (χ2n) is 6.83. The minimum Gasteiger partial charge on any atom is -0.356 e.